The molecule has 10 heteroatoms. The first-order valence-corrected chi connectivity index (χ1v) is 11.0. The Balaban J connectivity index is 1.79. The number of hydrogen-bond donors (Lipinski definition) is 0. The van der Waals surface area contributed by atoms with Crippen LogP contribution in [0.25, 0.3) is 11.8 Å². The van der Waals surface area contributed by atoms with Gasteiger partial charge in [-0.3, -0.25) is 0 Å². The van der Waals surface area contributed by atoms with Crippen LogP contribution in [0, 0.1) is 0 Å². The van der Waals surface area contributed by atoms with Crippen molar-refractivity contribution in [3.8, 4) is 28.7 Å². The Hall–Kier alpha value is -4.08. The van der Waals surface area contributed by atoms with E-state index in [2.05, 4.69) is 0 Å². The summed E-state index contributed by atoms with van der Waals surface area (Å²) in [5, 5.41) is 0. The first-order chi connectivity index (χ1) is 16.9. The lowest BCUT2D eigenvalue weighted by atomic mass is 9.98. The maximum Gasteiger partial charge on any atom is 0.409 e. The molecule has 0 spiro atoms. The fourth-order valence-corrected chi connectivity index (χ4v) is 4.04. The predicted octanol–water partition coefficient (Wildman–Crippen LogP) is 3.74. The number of methoxy groups -OCH3 is 3. The van der Waals surface area contributed by atoms with Crippen molar-refractivity contribution in [1.29, 1.82) is 0 Å². The van der Waals surface area contributed by atoms with E-state index < -0.39 is 12.1 Å². The molecule has 0 atom stereocenters. The smallest absolute Gasteiger partial charge is 0.409 e. The Labute approximate surface area is 202 Å². The van der Waals surface area contributed by atoms with E-state index in [0.29, 0.717) is 58.6 Å². The van der Waals surface area contributed by atoms with Crippen LogP contribution in [0.2, 0.25) is 0 Å². The number of benzene rings is 2. The van der Waals surface area contributed by atoms with Crippen molar-refractivity contribution in [2.24, 2.45) is 0 Å². The maximum absolute atomic E-state index is 12.8. The first-order valence-electron chi connectivity index (χ1n) is 11.0. The van der Waals surface area contributed by atoms with Gasteiger partial charge in [-0.25, -0.2) is 9.59 Å². The summed E-state index contributed by atoms with van der Waals surface area (Å²) in [5.41, 5.74) is 2.28. The summed E-state index contributed by atoms with van der Waals surface area (Å²) in [6.45, 7) is 2.48. The molecular weight excluding hydrogens is 458 g/mol. The second-order valence-electron chi connectivity index (χ2n) is 7.71. The van der Waals surface area contributed by atoms with Gasteiger partial charge in [0, 0.05) is 24.7 Å². The summed E-state index contributed by atoms with van der Waals surface area (Å²) in [5.74, 6) is 1.92. The molecule has 0 saturated carbocycles. The third kappa shape index (κ3) is 4.39. The molecule has 35 heavy (non-hydrogen) atoms. The van der Waals surface area contributed by atoms with Gasteiger partial charge in [-0.15, -0.1) is 0 Å². The quantitative estimate of drug-likeness (QED) is 0.518. The van der Waals surface area contributed by atoms with Gasteiger partial charge in [0.05, 0.1) is 27.9 Å². The number of carbonyl (C=O) groups excluding carboxylic acids is 2. The van der Waals surface area contributed by atoms with Crippen molar-refractivity contribution in [3.05, 3.63) is 40.5 Å². The molecule has 2 aliphatic rings. The van der Waals surface area contributed by atoms with Crippen LogP contribution in [-0.2, 0) is 15.9 Å². The van der Waals surface area contributed by atoms with E-state index in [1.807, 2.05) is 6.07 Å². The van der Waals surface area contributed by atoms with Gasteiger partial charge in [-0.05, 0) is 43.2 Å². The predicted molar refractivity (Wildman–Crippen MR) is 125 cm³/mol. The number of carbonyl (C=O) groups is 2. The molecule has 0 fully saturated rings. The first kappa shape index (κ1) is 24.1. The average molecular weight is 485 g/mol. The highest BCUT2D eigenvalue weighted by Gasteiger charge is 2.34. The molecule has 186 valence electrons. The molecule has 4 rings (SSSR count). The molecule has 2 aromatic rings. The minimum absolute atomic E-state index is 0.0582. The van der Waals surface area contributed by atoms with E-state index >= 15 is 0 Å². The Kier molecular flexibility index (Phi) is 6.90. The summed E-state index contributed by atoms with van der Waals surface area (Å²) >= 11 is 0. The summed E-state index contributed by atoms with van der Waals surface area (Å²) in [4.78, 5) is 26.3. The molecule has 1 amide bonds. The molecule has 10 nitrogen and oxygen atoms in total. The van der Waals surface area contributed by atoms with E-state index in [1.54, 1.807) is 32.2 Å². The van der Waals surface area contributed by atoms with Crippen molar-refractivity contribution in [1.82, 2.24) is 4.90 Å². The van der Waals surface area contributed by atoms with Crippen molar-refractivity contribution in [2.45, 2.75) is 13.3 Å². The van der Waals surface area contributed by atoms with Gasteiger partial charge >= 0.3 is 12.1 Å². The van der Waals surface area contributed by atoms with Gasteiger partial charge in [-0.2, -0.15) is 0 Å². The van der Waals surface area contributed by atoms with E-state index in [1.165, 1.54) is 26.2 Å². The van der Waals surface area contributed by atoms with Crippen LogP contribution < -0.4 is 23.7 Å². The standard InChI is InChI=1S/C25H27NO9/c1-6-32-25(28)26(2)10-9-14-11-19-23(34-13-33-19)21(30-4)16(14)12-18-15-7-8-17(29-3)22(31-5)20(15)24(27)35-18/h7-8,11-12H,6,9-10,13H2,1-5H3/b18-12-. The number of nitrogens with zero attached hydrogens (tertiary/aromatic N) is 1. The monoisotopic (exact) mass is 485 g/mol. The number of likely N-dealkylation sites (N-methyl/N-ethyl adjacent to an activating group) is 1. The number of hydrogen-bond acceptors (Lipinski definition) is 9. The van der Waals surface area contributed by atoms with E-state index in [4.69, 9.17) is 33.2 Å². The fourth-order valence-electron chi connectivity index (χ4n) is 4.04. The van der Waals surface area contributed by atoms with Gasteiger partial charge in [0.1, 0.15) is 11.3 Å². The van der Waals surface area contributed by atoms with Crippen LogP contribution in [0.4, 0.5) is 4.79 Å². The number of rotatable bonds is 8. The van der Waals surface area contributed by atoms with Crippen LogP contribution in [0.15, 0.2) is 18.2 Å². The second kappa shape index (κ2) is 10.0. The lowest BCUT2D eigenvalue weighted by Gasteiger charge is -2.19. The summed E-state index contributed by atoms with van der Waals surface area (Å²) in [6.07, 6.45) is 1.75. The Bertz CT molecular complexity index is 1190. The molecule has 2 aromatic carbocycles. The number of esters is 1. The largest absolute Gasteiger partial charge is 0.493 e. The van der Waals surface area contributed by atoms with Gasteiger partial charge in [0.15, 0.2) is 23.0 Å². The van der Waals surface area contributed by atoms with Crippen LogP contribution in [0.3, 0.4) is 0 Å². The highest BCUT2D eigenvalue weighted by atomic mass is 16.7. The fraction of sp³-hybridized carbons (Fsp3) is 0.360. The van der Waals surface area contributed by atoms with Crippen molar-refractivity contribution < 1.29 is 42.7 Å². The highest BCUT2D eigenvalue weighted by molar-refractivity contribution is 6.08. The Morgan fingerprint density at radius 3 is 2.57 bits per heavy atom. The lowest BCUT2D eigenvalue weighted by molar-refractivity contribution is 0.0713. The number of fused-ring (bicyclic) bond motifs is 2. The number of cyclic esters (lactones) is 1. The van der Waals surface area contributed by atoms with Crippen molar-refractivity contribution >= 4 is 23.9 Å². The Morgan fingerprint density at radius 2 is 1.89 bits per heavy atom. The third-order valence-electron chi connectivity index (χ3n) is 5.74. The summed E-state index contributed by atoms with van der Waals surface area (Å²) in [7, 11) is 6.15. The zero-order valence-corrected chi connectivity index (χ0v) is 20.3. The van der Waals surface area contributed by atoms with Crippen LogP contribution in [-0.4, -0.2) is 65.3 Å². The molecule has 0 radical (unpaired) electrons. The van der Waals surface area contributed by atoms with Crippen LogP contribution in [0.1, 0.15) is 34.0 Å². The SMILES string of the molecule is CCOC(=O)N(C)CCc1cc2c(c(OC)c1/C=C1\OC(=O)c3c1ccc(OC)c3OC)OCO2. The lowest BCUT2D eigenvalue weighted by Crippen LogP contribution is -2.29. The molecule has 2 heterocycles. The minimum Gasteiger partial charge on any atom is -0.493 e. The van der Waals surface area contributed by atoms with E-state index in [0.717, 1.165) is 5.56 Å². The number of ether oxygens (including phenoxy) is 7. The van der Waals surface area contributed by atoms with E-state index in [-0.39, 0.29) is 19.0 Å². The van der Waals surface area contributed by atoms with Crippen molar-refractivity contribution in [2.75, 3.05) is 48.3 Å². The summed E-state index contributed by atoms with van der Waals surface area (Å²) < 4.78 is 38.3. The van der Waals surface area contributed by atoms with Crippen LogP contribution >= 0.6 is 0 Å². The van der Waals surface area contributed by atoms with Gasteiger partial charge < -0.3 is 38.1 Å². The topological polar surface area (TPSA) is 102 Å². The van der Waals surface area contributed by atoms with Crippen molar-refractivity contribution in [3.63, 3.8) is 0 Å². The van der Waals surface area contributed by atoms with Gasteiger partial charge in [-0.1, -0.05) is 0 Å². The molecule has 0 saturated heterocycles. The minimum atomic E-state index is -0.551. The normalized spacial score (nSPS) is 14.4. The van der Waals surface area contributed by atoms with Crippen LogP contribution in [0.5, 0.6) is 28.7 Å². The molecule has 0 aromatic heterocycles. The van der Waals surface area contributed by atoms with Gasteiger partial charge in [0.2, 0.25) is 12.5 Å². The number of amides is 1. The highest BCUT2D eigenvalue weighted by Crippen LogP contribution is 2.48. The molecule has 0 unspecified atom stereocenters. The van der Waals surface area contributed by atoms with E-state index in [9.17, 15) is 9.59 Å². The molecule has 0 bridgehead atoms. The molecular formula is C25H27NO9. The summed E-state index contributed by atoms with van der Waals surface area (Å²) in [6, 6.07) is 5.28. The zero-order valence-electron chi connectivity index (χ0n) is 20.3. The molecule has 2 aliphatic heterocycles. The molecule has 0 aliphatic carbocycles. The second-order valence-corrected chi connectivity index (χ2v) is 7.71. The zero-order chi connectivity index (χ0) is 25.1. The molecule has 0 N–H and O–H groups in total. The third-order valence-corrected chi connectivity index (χ3v) is 5.74. The van der Waals surface area contributed by atoms with Gasteiger partial charge in [0.25, 0.3) is 0 Å². The Morgan fingerprint density at radius 1 is 1.11 bits per heavy atom. The maximum atomic E-state index is 12.8. The average Bonchev–Trinajstić information content (AvgIpc) is 3.45.